The first-order valence-electron chi connectivity index (χ1n) is 6.42. The Kier molecular flexibility index (Phi) is 4.85. The van der Waals surface area contributed by atoms with Crippen molar-refractivity contribution in [3.05, 3.63) is 41.6 Å². The van der Waals surface area contributed by atoms with Crippen molar-refractivity contribution in [2.24, 2.45) is 0 Å². The Bertz CT molecular complexity index is 527. The Hall–Kier alpha value is -1.49. The zero-order chi connectivity index (χ0) is 13.7. The normalized spacial score (nSPS) is 12.4. The highest BCUT2D eigenvalue weighted by Gasteiger charge is 2.12. The van der Waals surface area contributed by atoms with Gasteiger partial charge >= 0.3 is 0 Å². The summed E-state index contributed by atoms with van der Waals surface area (Å²) in [7, 11) is 0. The van der Waals surface area contributed by atoms with Gasteiger partial charge in [0.2, 0.25) is 11.8 Å². The molecular weight excluding hydrogens is 258 g/mol. The molecule has 2 aromatic rings. The van der Waals surface area contributed by atoms with Crippen molar-refractivity contribution in [3.63, 3.8) is 0 Å². The second-order valence-corrected chi connectivity index (χ2v) is 5.64. The number of thioether (sulfide) groups is 1. The lowest BCUT2D eigenvalue weighted by Gasteiger charge is -2.12. The minimum absolute atomic E-state index is 0.00952. The molecule has 19 heavy (non-hydrogen) atoms. The van der Waals surface area contributed by atoms with Crippen LogP contribution in [0.5, 0.6) is 0 Å². The molecule has 0 amide bonds. The zero-order valence-electron chi connectivity index (χ0n) is 11.5. The van der Waals surface area contributed by atoms with E-state index in [9.17, 15) is 0 Å². The lowest BCUT2D eigenvalue weighted by atomic mass is 10.2. The molecule has 1 heterocycles. The highest BCUT2D eigenvalue weighted by Crippen LogP contribution is 2.21. The van der Waals surface area contributed by atoms with Crippen LogP contribution in [0.2, 0.25) is 0 Å². The van der Waals surface area contributed by atoms with E-state index in [-0.39, 0.29) is 6.04 Å². The van der Waals surface area contributed by atoms with Gasteiger partial charge in [-0.2, -0.15) is 11.8 Å². The SMILES string of the molecule is CCSCc1cccc(NC(C)c2nnc(C)o2)c1. The van der Waals surface area contributed by atoms with E-state index in [1.807, 2.05) is 18.7 Å². The number of nitrogens with zero attached hydrogens (tertiary/aromatic N) is 2. The molecule has 5 heteroatoms. The van der Waals surface area contributed by atoms with Gasteiger partial charge in [-0.05, 0) is 30.4 Å². The van der Waals surface area contributed by atoms with Crippen molar-refractivity contribution < 1.29 is 4.42 Å². The number of benzene rings is 1. The smallest absolute Gasteiger partial charge is 0.238 e. The van der Waals surface area contributed by atoms with Gasteiger partial charge in [0.25, 0.3) is 0 Å². The van der Waals surface area contributed by atoms with Crippen LogP contribution in [0.3, 0.4) is 0 Å². The van der Waals surface area contributed by atoms with E-state index < -0.39 is 0 Å². The number of aromatic nitrogens is 2. The quantitative estimate of drug-likeness (QED) is 0.870. The third-order valence-corrected chi connectivity index (χ3v) is 3.64. The van der Waals surface area contributed by atoms with E-state index >= 15 is 0 Å². The molecule has 0 radical (unpaired) electrons. The standard InChI is InChI=1S/C14H19N3OS/c1-4-19-9-12-6-5-7-13(8-12)15-10(2)14-17-16-11(3)18-14/h5-8,10,15H,4,9H2,1-3H3. The first kappa shape index (κ1) is 13.9. The number of hydrogen-bond acceptors (Lipinski definition) is 5. The maximum absolute atomic E-state index is 5.42. The van der Waals surface area contributed by atoms with E-state index in [4.69, 9.17) is 4.42 Å². The third kappa shape index (κ3) is 3.99. The second-order valence-electron chi connectivity index (χ2n) is 4.36. The zero-order valence-corrected chi connectivity index (χ0v) is 12.3. The summed E-state index contributed by atoms with van der Waals surface area (Å²) in [5.41, 5.74) is 2.41. The van der Waals surface area contributed by atoms with E-state index in [1.165, 1.54) is 5.56 Å². The van der Waals surface area contributed by atoms with Crippen molar-refractivity contribution in [2.45, 2.75) is 32.6 Å². The topological polar surface area (TPSA) is 51.0 Å². The molecule has 102 valence electrons. The van der Waals surface area contributed by atoms with Crippen molar-refractivity contribution in [1.82, 2.24) is 10.2 Å². The molecule has 1 atom stereocenters. The molecule has 0 saturated heterocycles. The Morgan fingerprint density at radius 1 is 1.37 bits per heavy atom. The molecule has 0 fully saturated rings. The maximum atomic E-state index is 5.42. The van der Waals surface area contributed by atoms with Crippen LogP contribution >= 0.6 is 11.8 Å². The van der Waals surface area contributed by atoms with Crippen LogP contribution in [-0.4, -0.2) is 16.0 Å². The molecular formula is C14H19N3OS. The number of hydrogen-bond donors (Lipinski definition) is 1. The van der Waals surface area contributed by atoms with Gasteiger partial charge in [-0.3, -0.25) is 0 Å². The van der Waals surface area contributed by atoms with Gasteiger partial charge in [-0.25, -0.2) is 0 Å². The lowest BCUT2D eigenvalue weighted by Crippen LogP contribution is -2.07. The maximum Gasteiger partial charge on any atom is 0.238 e. The third-order valence-electron chi connectivity index (χ3n) is 2.70. The number of aryl methyl sites for hydroxylation is 1. The van der Waals surface area contributed by atoms with Gasteiger partial charge in [-0.1, -0.05) is 19.1 Å². The number of rotatable bonds is 6. The summed E-state index contributed by atoms with van der Waals surface area (Å²) in [6.07, 6.45) is 0. The first-order chi connectivity index (χ1) is 9.19. The fraction of sp³-hybridized carbons (Fsp3) is 0.429. The lowest BCUT2D eigenvalue weighted by molar-refractivity contribution is 0.451. The predicted molar refractivity (Wildman–Crippen MR) is 79.4 cm³/mol. The fourth-order valence-electron chi connectivity index (χ4n) is 1.77. The summed E-state index contributed by atoms with van der Waals surface area (Å²) in [6, 6.07) is 8.45. The van der Waals surface area contributed by atoms with Gasteiger partial charge in [0, 0.05) is 18.4 Å². The minimum atomic E-state index is 0.00952. The summed E-state index contributed by atoms with van der Waals surface area (Å²) in [4.78, 5) is 0. The summed E-state index contributed by atoms with van der Waals surface area (Å²) in [5, 5.41) is 11.3. The van der Waals surface area contributed by atoms with Crippen LogP contribution < -0.4 is 5.32 Å². The second kappa shape index (κ2) is 6.61. The van der Waals surface area contributed by atoms with E-state index in [0.717, 1.165) is 17.2 Å². The minimum Gasteiger partial charge on any atom is -0.423 e. The van der Waals surface area contributed by atoms with Crippen LogP contribution in [-0.2, 0) is 5.75 Å². The van der Waals surface area contributed by atoms with Crippen LogP contribution in [0.25, 0.3) is 0 Å². The molecule has 0 aliphatic heterocycles. The Morgan fingerprint density at radius 3 is 2.89 bits per heavy atom. The Labute approximate surface area is 118 Å². The van der Waals surface area contributed by atoms with Gasteiger partial charge in [0.15, 0.2) is 0 Å². The van der Waals surface area contributed by atoms with Gasteiger partial charge in [0.1, 0.15) is 6.04 Å². The molecule has 0 spiro atoms. The highest BCUT2D eigenvalue weighted by molar-refractivity contribution is 7.98. The number of anilines is 1. The number of nitrogens with one attached hydrogen (secondary N) is 1. The first-order valence-corrected chi connectivity index (χ1v) is 7.57. The Morgan fingerprint density at radius 2 is 2.21 bits per heavy atom. The molecule has 0 bridgehead atoms. The van der Waals surface area contributed by atoms with Crippen LogP contribution in [0.1, 0.15) is 37.2 Å². The molecule has 0 aliphatic carbocycles. The van der Waals surface area contributed by atoms with Crippen LogP contribution in [0.15, 0.2) is 28.7 Å². The monoisotopic (exact) mass is 277 g/mol. The summed E-state index contributed by atoms with van der Waals surface area (Å²) in [6.45, 7) is 5.99. The van der Waals surface area contributed by atoms with Crippen LogP contribution in [0.4, 0.5) is 5.69 Å². The summed E-state index contributed by atoms with van der Waals surface area (Å²) >= 11 is 1.92. The fourth-order valence-corrected chi connectivity index (χ4v) is 2.39. The van der Waals surface area contributed by atoms with Gasteiger partial charge in [0.05, 0.1) is 0 Å². The molecule has 0 aliphatic rings. The summed E-state index contributed by atoms with van der Waals surface area (Å²) in [5.74, 6) is 3.39. The van der Waals surface area contributed by atoms with Gasteiger partial charge < -0.3 is 9.73 Å². The van der Waals surface area contributed by atoms with Crippen molar-refractivity contribution in [2.75, 3.05) is 11.1 Å². The average molecular weight is 277 g/mol. The average Bonchev–Trinajstić information content (AvgIpc) is 2.83. The van der Waals surface area contributed by atoms with E-state index in [1.54, 1.807) is 6.92 Å². The molecule has 4 nitrogen and oxygen atoms in total. The highest BCUT2D eigenvalue weighted by atomic mass is 32.2. The largest absolute Gasteiger partial charge is 0.423 e. The molecule has 1 aromatic heterocycles. The molecule has 1 N–H and O–H groups in total. The molecule has 0 saturated carbocycles. The predicted octanol–water partition coefficient (Wildman–Crippen LogP) is 3.80. The Balaban J connectivity index is 2.02. The van der Waals surface area contributed by atoms with Gasteiger partial charge in [-0.15, -0.1) is 10.2 Å². The van der Waals surface area contributed by atoms with E-state index in [2.05, 4.69) is 46.7 Å². The van der Waals surface area contributed by atoms with Crippen molar-refractivity contribution in [3.8, 4) is 0 Å². The summed E-state index contributed by atoms with van der Waals surface area (Å²) < 4.78 is 5.42. The molecule has 2 rings (SSSR count). The molecule has 1 aromatic carbocycles. The van der Waals surface area contributed by atoms with E-state index in [0.29, 0.717) is 11.8 Å². The molecule has 1 unspecified atom stereocenters. The van der Waals surface area contributed by atoms with Crippen molar-refractivity contribution in [1.29, 1.82) is 0 Å². The van der Waals surface area contributed by atoms with Crippen molar-refractivity contribution >= 4 is 17.4 Å². The van der Waals surface area contributed by atoms with Crippen LogP contribution in [0, 0.1) is 6.92 Å².